The van der Waals surface area contributed by atoms with Crippen molar-refractivity contribution >= 4 is 0 Å². The molecule has 0 saturated carbocycles. The first kappa shape index (κ1) is 13.1. The lowest BCUT2D eigenvalue weighted by Gasteiger charge is -2.23. The number of rotatable bonds is 3. The molecule has 1 aliphatic heterocycles. The molecule has 0 aromatic heterocycles. The van der Waals surface area contributed by atoms with E-state index in [2.05, 4.69) is 11.4 Å². The summed E-state index contributed by atoms with van der Waals surface area (Å²) in [6.45, 7) is 1.79. The minimum absolute atomic E-state index is 0.0438. The van der Waals surface area contributed by atoms with Gasteiger partial charge in [-0.1, -0.05) is 30.3 Å². The predicted octanol–water partition coefficient (Wildman–Crippen LogP) is 3.40. The third-order valence-electron chi connectivity index (χ3n) is 3.90. The van der Waals surface area contributed by atoms with Crippen molar-refractivity contribution in [2.24, 2.45) is 0 Å². The van der Waals surface area contributed by atoms with Gasteiger partial charge < -0.3 is 10.1 Å². The van der Waals surface area contributed by atoms with Crippen molar-refractivity contribution in [1.29, 1.82) is 0 Å². The summed E-state index contributed by atoms with van der Waals surface area (Å²) in [7, 11) is 1.91. The van der Waals surface area contributed by atoms with Crippen LogP contribution in [0.2, 0.25) is 0 Å². The van der Waals surface area contributed by atoms with Crippen LogP contribution in [0.4, 0.5) is 4.39 Å². The van der Waals surface area contributed by atoms with Crippen LogP contribution >= 0.6 is 0 Å². The maximum atomic E-state index is 13.4. The van der Waals surface area contributed by atoms with Crippen molar-refractivity contribution in [3.05, 3.63) is 65.0 Å². The Bertz CT molecular complexity index is 601. The molecule has 2 atom stereocenters. The van der Waals surface area contributed by atoms with E-state index in [4.69, 9.17) is 4.74 Å². The molecule has 1 heterocycles. The van der Waals surface area contributed by atoms with Crippen LogP contribution in [0.1, 0.15) is 22.7 Å². The number of para-hydroxylation sites is 1. The number of nitrogens with one attached hydrogen (secondary N) is 1. The summed E-state index contributed by atoms with van der Waals surface area (Å²) in [5, 5.41) is 3.29. The zero-order valence-electron chi connectivity index (χ0n) is 11.7. The minimum atomic E-state index is -0.167. The maximum absolute atomic E-state index is 13.4. The van der Waals surface area contributed by atoms with Gasteiger partial charge in [-0.2, -0.15) is 0 Å². The fourth-order valence-corrected chi connectivity index (χ4v) is 2.82. The highest BCUT2D eigenvalue weighted by Crippen LogP contribution is 2.34. The second kappa shape index (κ2) is 5.25. The summed E-state index contributed by atoms with van der Waals surface area (Å²) in [4.78, 5) is 0. The Kier molecular flexibility index (Phi) is 3.45. The number of halogens is 1. The first-order valence-corrected chi connectivity index (χ1v) is 6.87. The van der Waals surface area contributed by atoms with Crippen LogP contribution in [0.15, 0.2) is 42.5 Å². The Morgan fingerprint density at radius 3 is 2.75 bits per heavy atom. The SMILES string of the molecule is CNC(c1ccc(F)c(C)c1)C1Cc2ccccc2O1. The van der Waals surface area contributed by atoms with Crippen molar-refractivity contribution in [3.8, 4) is 5.75 Å². The van der Waals surface area contributed by atoms with E-state index in [1.807, 2.05) is 37.4 Å². The van der Waals surface area contributed by atoms with Gasteiger partial charge in [0.1, 0.15) is 17.7 Å². The number of hydrogen-bond donors (Lipinski definition) is 1. The van der Waals surface area contributed by atoms with E-state index in [1.54, 1.807) is 6.92 Å². The van der Waals surface area contributed by atoms with E-state index in [9.17, 15) is 4.39 Å². The van der Waals surface area contributed by atoms with E-state index >= 15 is 0 Å². The Morgan fingerprint density at radius 1 is 1.25 bits per heavy atom. The van der Waals surface area contributed by atoms with Crippen LogP contribution < -0.4 is 10.1 Å². The van der Waals surface area contributed by atoms with Crippen LogP contribution in [-0.2, 0) is 6.42 Å². The Labute approximate surface area is 118 Å². The summed E-state index contributed by atoms with van der Waals surface area (Å²) >= 11 is 0. The maximum Gasteiger partial charge on any atom is 0.126 e. The van der Waals surface area contributed by atoms with Crippen molar-refractivity contribution in [1.82, 2.24) is 5.32 Å². The molecule has 0 bridgehead atoms. The lowest BCUT2D eigenvalue weighted by Crippen LogP contribution is -2.32. The molecule has 3 rings (SSSR count). The molecule has 2 unspecified atom stereocenters. The van der Waals surface area contributed by atoms with Gasteiger partial charge in [-0.3, -0.25) is 0 Å². The second-order valence-corrected chi connectivity index (χ2v) is 5.24. The van der Waals surface area contributed by atoms with Gasteiger partial charge in [0.2, 0.25) is 0 Å². The van der Waals surface area contributed by atoms with E-state index < -0.39 is 0 Å². The molecule has 1 aliphatic rings. The van der Waals surface area contributed by atoms with E-state index in [1.165, 1.54) is 11.6 Å². The molecule has 20 heavy (non-hydrogen) atoms. The molecular weight excluding hydrogens is 253 g/mol. The highest BCUT2D eigenvalue weighted by atomic mass is 19.1. The Hall–Kier alpha value is -1.87. The highest BCUT2D eigenvalue weighted by molar-refractivity contribution is 5.39. The highest BCUT2D eigenvalue weighted by Gasteiger charge is 2.30. The molecule has 2 aromatic rings. The molecule has 0 aliphatic carbocycles. The summed E-state index contributed by atoms with van der Waals surface area (Å²) in [5.41, 5.74) is 2.96. The summed E-state index contributed by atoms with van der Waals surface area (Å²) in [5.74, 6) is 0.788. The average molecular weight is 271 g/mol. The minimum Gasteiger partial charge on any atom is -0.488 e. The monoisotopic (exact) mass is 271 g/mol. The third-order valence-corrected chi connectivity index (χ3v) is 3.90. The molecule has 0 fully saturated rings. The number of hydrogen-bond acceptors (Lipinski definition) is 2. The number of ether oxygens (including phenoxy) is 1. The van der Waals surface area contributed by atoms with Crippen LogP contribution in [0.25, 0.3) is 0 Å². The zero-order valence-corrected chi connectivity index (χ0v) is 11.7. The van der Waals surface area contributed by atoms with E-state index in [0.29, 0.717) is 5.56 Å². The standard InChI is InChI=1S/C17H18FNO/c1-11-9-13(7-8-14(11)18)17(19-2)16-10-12-5-3-4-6-15(12)20-16/h3-9,16-17,19H,10H2,1-2H3. The molecule has 2 nitrogen and oxygen atoms in total. The van der Waals surface area contributed by atoms with Gasteiger partial charge >= 0.3 is 0 Å². The van der Waals surface area contributed by atoms with Crippen molar-refractivity contribution in [3.63, 3.8) is 0 Å². The summed E-state index contributed by atoms with van der Waals surface area (Å²) in [6.07, 6.45) is 0.917. The van der Waals surface area contributed by atoms with Gasteiger partial charge in [-0.15, -0.1) is 0 Å². The smallest absolute Gasteiger partial charge is 0.126 e. The molecule has 0 spiro atoms. The van der Waals surface area contributed by atoms with Crippen LogP contribution in [0.3, 0.4) is 0 Å². The number of benzene rings is 2. The number of fused-ring (bicyclic) bond motifs is 1. The Morgan fingerprint density at radius 2 is 2.05 bits per heavy atom. The lowest BCUT2D eigenvalue weighted by molar-refractivity contribution is 0.183. The Balaban J connectivity index is 1.87. The quantitative estimate of drug-likeness (QED) is 0.924. The normalized spacial score (nSPS) is 18.4. The molecule has 104 valence electrons. The molecule has 3 heteroatoms. The molecule has 0 amide bonds. The topological polar surface area (TPSA) is 21.3 Å². The lowest BCUT2D eigenvalue weighted by atomic mass is 9.96. The molecular formula is C17H18FNO. The number of likely N-dealkylation sites (N-methyl/N-ethyl adjacent to an activating group) is 1. The van der Waals surface area contributed by atoms with Gasteiger partial charge in [0.05, 0.1) is 6.04 Å². The van der Waals surface area contributed by atoms with Gasteiger partial charge in [-0.25, -0.2) is 4.39 Å². The molecule has 1 N–H and O–H groups in total. The first-order chi connectivity index (χ1) is 9.69. The van der Waals surface area contributed by atoms with Gasteiger partial charge in [0.25, 0.3) is 0 Å². The largest absolute Gasteiger partial charge is 0.488 e. The summed E-state index contributed by atoms with van der Waals surface area (Å²) < 4.78 is 19.4. The van der Waals surface area contributed by atoms with Crippen molar-refractivity contribution < 1.29 is 9.13 Å². The number of aryl methyl sites for hydroxylation is 1. The fourth-order valence-electron chi connectivity index (χ4n) is 2.82. The van der Waals surface area contributed by atoms with Crippen LogP contribution in [0, 0.1) is 12.7 Å². The van der Waals surface area contributed by atoms with Gasteiger partial charge in [-0.05, 0) is 42.8 Å². The van der Waals surface area contributed by atoms with E-state index in [0.717, 1.165) is 17.7 Å². The average Bonchev–Trinajstić information content (AvgIpc) is 2.87. The molecule has 0 radical (unpaired) electrons. The van der Waals surface area contributed by atoms with Crippen molar-refractivity contribution in [2.45, 2.75) is 25.5 Å². The summed E-state index contributed by atoms with van der Waals surface area (Å²) in [6, 6.07) is 13.4. The second-order valence-electron chi connectivity index (χ2n) is 5.24. The van der Waals surface area contributed by atoms with Gasteiger partial charge in [0.15, 0.2) is 0 Å². The van der Waals surface area contributed by atoms with Crippen molar-refractivity contribution in [2.75, 3.05) is 7.05 Å². The molecule has 0 saturated heterocycles. The first-order valence-electron chi connectivity index (χ1n) is 6.87. The zero-order chi connectivity index (χ0) is 14.1. The van der Waals surface area contributed by atoms with Gasteiger partial charge in [0, 0.05) is 6.42 Å². The van der Waals surface area contributed by atoms with E-state index in [-0.39, 0.29) is 18.0 Å². The fraction of sp³-hybridized carbons (Fsp3) is 0.294. The van der Waals surface area contributed by atoms with Crippen LogP contribution in [0.5, 0.6) is 5.75 Å². The third kappa shape index (κ3) is 2.29. The predicted molar refractivity (Wildman–Crippen MR) is 77.5 cm³/mol. The molecule has 2 aromatic carbocycles. The van der Waals surface area contributed by atoms with Crippen LogP contribution in [-0.4, -0.2) is 13.2 Å².